The Balaban J connectivity index is 2.34. The first-order valence-corrected chi connectivity index (χ1v) is 7.26. The van der Waals surface area contributed by atoms with Gasteiger partial charge >= 0.3 is 0 Å². The molecule has 0 atom stereocenters. The highest BCUT2D eigenvalue weighted by atomic mass is 35.5. The first-order chi connectivity index (χ1) is 10.9. The molecule has 2 aromatic rings. The summed E-state index contributed by atoms with van der Waals surface area (Å²) in [5.41, 5.74) is 0.0226. The molecule has 0 radical (unpaired) electrons. The maximum Gasteiger partial charge on any atom is 0.260 e. The predicted molar refractivity (Wildman–Crippen MR) is 90.9 cm³/mol. The van der Waals surface area contributed by atoms with Crippen LogP contribution in [0.3, 0.4) is 0 Å². The number of amides is 1. The fraction of sp³-hybridized carbons (Fsp3) is 0.0667. The normalized spacial score (nSPS) is 11.1. The number of ketones is 1. The number of hydrogen-bond acceptors (Lipinski definition) is 4. The molecule has 1 amide bonds. The van der Waals surface area contributed by atoms with Gasteiger partial charge < -0.3 is 5.32 Å². The van der Waals surface area contributed by atoms with Crippen LogP contribution in [0.25, 0.3) is 6.20 Å². The second-order valence-corrected chi connectivity index (χ2v) is 5.40. The predicted octanol–water partition coefficient (Wildman–Crippen LogP) is 2.63. The van der Waals surface area contributed by atoms with Crippen LogP contribution in [0, 0.1) is 4.77 Å². The molecular weight excluding hydrogens is 338 g/mol. The molecule has 2 N–H and O–H groups in total. The summed E-state index contributed by atoms with van der Waals surface area (Å²) in [6.07, 6.45) is 2.64. The zero-order chi connectivity index (χ0) is 17.0. The molecule has 0 spiro atoms. The van der Waals surface area contributed by atoms with Crippen molar-refractivity contribution in [2.45, 2.75) is 6.92 Å². The summed E-state index contributed by atoms with van der Waals surface area (Å²) in [5.74, 6) is -1.03. The van der Waals surface area contributed by atoms with Gasteiger partial charge in [0.25, 0.3) is 11.5 Å². The fourth-order valence-electron chi connectivity index (χ4n) is 1.71. The van der Waals surface area contributed by atoms with Crippen LogP contribution in [0.5, 0.6) is 0 Å². The zero-order valence-electron chi connectivity index (χ0n) is 12.0. The Labute approximate surface area is 141 Å². The number of H-pyrrole nitrogens is 1. The number of nitrogens with one attached hydrogen (secondary N) is 2. The van der Waals surface area contributed by atoms with Crippen molar-refractivity contribution >= 4 is 47.4 Å². The van der Waals surface area contributed by atoms with Gasteiger partial charge in [0.2, 0.25) is 0 Å². The first kappa shape index (κ1) is 16.9. The number of benzene rings is 1. The largest absolute Gasteiger partial charge is 0.322 e. The van der Waals surface area contributed by atoms with Gasteiger partial charge in [-0.1, -0.05) is 11.6 Å². The average molecular weight is 350 g/mol. The minimum absolute atomic E-state index is 0.0792. The molecule has 1 aromatic heterocycles. The third-order valence-corrected chi connectivity index (χ3v) is 3.41. The maximum absolute atomic E-state index is 12.3. The fourth-order valence-corrected chi connectivity index (χ4v) is 2.05. The lowest BCUT2D eigenvalue weighted by Gasteiger charge is -2.08. The van der Waals surface area contributed by atoms with E-state index in [1.165, 1.54) is 30.0 Å². The third-order valence-electron chi connectivity index (χ3n) is 2.85. The molecule has 0 fully saturated rings. The van der Waals surface area contributed by atoms with Gasteiger partial charge in [0, 0.05) is 29.2 Å². The highest BCUT2D eigenvalue weighted by Gasteiger charge is 2.15. The molecule has 1 aromatic carbocycles. The topological polar surface area (TPSA) is 84.0 Å². The monoisotopic (exact) mass is 349 g/mol. The summed E-state index contributed by atoms with van der Waals surface area (Å²) < 4.78 is 1.39. The molecule has 0 aliphatic heterocycles. The number of aromatic amines is 1. The smallest absolute Gasteiger partial charge is 0.260 e. The average Bonchev–Trinajstić information content (AvgIpc) is 2.48. The van der Waals surface area contributed by atoms with Gasteiger partial charge in [-0.05, 0) is 43.4 Å². The van der Waals surface area contributed by atoms with Crippen LogP contribution in [0.4, 0.5) is 5.69 Å². The molecule has 0 aliphatic rings. The van der Waals surface area contributed by atoms with Gasteiger partial charge in [-0.15, -0.1) is 0 Å². The molecule has 23 heavy (non-hydrogen) atoms. The number of nitrogens with zero attached hydrogens (tertiary/aromatic N) is 1. The van der Waals surface area contributed by atoms with E-state index in [-0.39, 0.29) is 15.9 Å². The summed E-state index contributed by atoms with van der Waals surface area (Å²) in [6.45, 7) is 1.27. The van der Waals surface area contributed by atoms with E-state index in [1.54, 1.807) is 24.3 Å². The van der Waals surface area contributed by atoms with Gasteiger partial charge in [0.1, 0.15) is 0 Å². The SMILES string of the molecule is CC(=O)/C(=C\n1ccc(=O)[nH]c1=S)C(=O)Nc1ccc(Cl)cc1. The minimum atomic E-state index is -0.590. The molecule has 0 saturated heterocycles. The minimum Gasteiger partial charge on any atom is -0.322 e. The second-order valence-electron chi connectivity index (χ2n) is 4.58. The molecular formula is C15H12ClN3O3S. The standard InChI is InChI=1S/C15H12ClN3O3S/c1-9(20)12(8-19-7-6-13(21)18-15(19)23)14(22)17-11-4-2-10(16)3-5-11/h2-8H,1H3,(H,17,22)(H,18,21,23)/b12-8+. The van der Waals surface area contributed by atoms with Crippen molar-refractivity contribution in [3.8, 4) is 0 Å². The Hall–Kier alpha value is -2.51. The van der Waals surface area contributed by atoms with Crippen molar-refractivity contribution < 1.29 is 9.59 Å². The van der Waals surface area contributed by atoms with Crippen LogP contribution in [-0.2, 0) is 9.59 Å². The molecule has 0 aliphatic carbocycles. The van der Waals surface area contributed by atoms with Crippen molar-refractivity contribution in [3.63, 3.8) is 0 Å². The van der Waals surface area contributed by atoms with Gasteiger partial charge in [0.05, 0.1) is 5.57 Å². The number of anilines is 1. The van der Waals surface area contributed by atoms with Crippen LogP contribution in [0.1, 0.15) is 6.92 Å². The van der Waals surface area contributed by atoms with Gasteiger partial charge in [-0.2, -0.15) is 0 Å². The number of hydrogen-bond donors (Lipinski definition) is 2. The summed E-state index contributed by atoms with van der Waals surface area (Å²) >= 11 is 10.8. The van der Waals surface area contributed by atoms with E-state index >= 15 is 0 Å². The number of carbonyl (C=O) groups excluding carboxylic acids is 2. The lowest BCUT2D eigenvalue weighted by Crippen LogP contribution is -2.20. The van der Waals surface area contributed by atoms with Crippen molar-refractivity contribution in [2.75, 3.05) is 5.32 Å². The Morgan fingerprint density at radius 2 is 1.91 bits per heavy atom. The molecule has 1 heterocycles. The van der Waals surface area contributed by atoms with Gasteiger partial charge in [-0.3, -0.25) is 23.9 Å². The molecule has 0 unspecified atom stereocenters. The van der Waals surface area contributed by atoms with E-state index in [9.17, 15) is 14.4 Å². The summed E-state index contributed by atoms with van der Waals surface area (Å²) in [6, 6.07) is 7.70. The second kappa shape index (κ2) is 7.17. The van der Waals surface area contributed by atoms with E-state index in [4.69, 9.17) is 23.8 Å². The van der Waals surface area contributed by atoms with E-state index < -0.39 is 11.7 Å². The summed E-state index contributed by atoms with van der Waals surface area (Å²) in [7, 11) is 0. The lowest BCUT2D eigenvalue weighted by atomic mass is 10.2. The maximum atomic E-state index is 12.3. The highest BCUT2D eigenvalue weighted by Crippen LogP contribution is 2.14. The number of carbonyl (C=O) groups is 2. The number of aromatic nitrogens is 2. The van der Waals surface area contributed by atoms with E-state index in [2.05, 4.69) is 10.3 Å². The summed E-state index contributed by atoms with van der Waals surface area (Å²) in [5, 5.41) is 3.13. The molecule has 6 nitrogen and oxygen atoms in total. The Bertz CT molecular complexity index is 897. The number of halogens is 1. The van der Waals surface area contributed by atoms with Crippen LogP contribution in [0.15, 0.2) is 46.9 Å². The quantitative estimate of drug-likeness (QED) is 0.384. The number of rotatable bonds is 4. The van der Waals surface area contributed by atoms with Crippen LogP contribution >= 0.6 is 23.8 Å². The van der Waals surface area contributed by atoms with Gasteiger partial charge in [0.15, 0.2) is 10.6 Å². The number of Topliss-reactive ketones (excluding diaryl/α,β-unsaturated/α-hetero) is 1. The van der Waals surface area contributed by atoms with E-state index in [0.29, 0.717) is 10.7 Å². The van der Waals surface area contributed by atoms with Crippen LogP contribution < -0.4 is 10.9 Å². The Kier molecular flexibility index (Phi) is 5.25. The van der Waals surface area contributed by atoms with Crippen LogP contribution in [0.2, 0.25) is 5.02 Å². The van der Waals surface area contributed by atoms with Crippen LogP contribution in [-0.4, -0.2) is 21.2 Å². The highest BCUT2D eigenvalue weighted by molar-refractivity contribution is 7.71. The lowest BCUT2D eigenvalue weighted by molar-refractivity contribution is -0.118. The molecule has 0 saturated carbocycles. The van der Waals surface area contributed by atoms with Crippen molar-refractivity contribution in [3.05, 3.63) is 62.2 Å². The zero-order valence-corrected chi connectivity index (χ0v) is 13.6. The van der Waals surface area contributed by atoms with Gasteiger partial charge in [-0.25, -0.2) is 0 Å². The van der Waals surface area contributed by atoms with Crippen molar-refractivity contribution in [1.82, 2.24) is 9.55 Å². The molecule has 0 bridgehead atoms. The molecule has 8 heteroatoms. The van der Waals surface area contributed by atoms with E-state index in [0.717, 1.165) is 0 Å². The molecule has 118 valence electrons. The Morgan fingerprint density at radius 3 is 2.48 bits per heavy atom. The summed E-state index contributed by atoms with van der Waals surface area (Å²) in [4.78, 5) is 37.6. The first-order valence-electron chi connectivity index (χ1n) is 6.48. The Morgan fingerprint density at radius 1 is 1.26 bits per heavy atom. The molecule has 2 rings (SSSR count). The van der Waals surface area contributed by atoms with Crippen molar-refractivity contribution in [2.24, 2.45) is 0 Å². The third kappa shape index (κ3) is 4.48. The van der Waals surface area contributed by atoms with E-state index in [1.807, 2.05) is 0 Å². The van der Waals surface area contributed by atoms with Crippen molar-refractivity contribution in [1.29, 1.82) is 0 Å².